The average Bonchev–Trinajstić information content (AvgIpc) is 2.47. The van der Waals surface area contributed by atoms with Crippen molar-refractivity contribution in [3.8, 4) is 0 Å². The summed E-state index contributed by atoms with van der Waals surface area (Å²) in [6.45, 7) is 6.99. The smallest absolute Gasteiger partial charge is 0.137 e. The van der Waals surface area contributed by atoms with Gasteiger partial charge in [0.25, 0.3) is 0 Å². The molecule has 2 rings (SSSR count). The lowest BCUT2D eigenvalue weighted by molar-refractivity contribution is 0.527. The van der Waals surface area contributed by atoms with E-state index in [0.717, 1.165) is 17.7 Å². The van der Waals surface area contributed by atoms with Crippen LogP contribution in [0.3, 0.4) is 0 Å². The normalized spacial score (nSPS) is 12.9. The first-order valence-corrected chi connectivity index (χ1v) is 7.69. The third-order valence-corrected chi connectivity index (χ3v) is 3.74. The molecule has 1 aromatic carbocycles. The van der Waals surface area contributed by atoms with Crippen molar-refractivity contribution in [2.75, 3.05) is 24.6 Å². The molecular formula is C17H26N6. The van der Waals surface area contributed by atoms with Gasteiger partial charge in [-0.05, 0) is 33.4 Å². The molecule has 0 aliphatic carbocycles. The predicted molar refractivity (Wildman–Crippen MR) is 95.3 cm³/mol. The van der Waals surface area contributed by atoms with Crippen molar-refractivity contribution in [1.29, 1.82) is 0 Å². The average molecular weight is 314 g/mol. The number of nitrogens with zero attached hydrogens (tertiary/aromatic N) is 2. The van der Waals surface area contributed by atoms with Crippen molar-refractivity contribution in [2.45, 2.75) is 32.4 Å². The van der Waals surface area contributed by atoms with Crippen molar-refractivity contribution in [3.63, 3.8) is 0 Å². The van der Waals surface area contributed by atoms with Crippen LogP contribution in [-0.4, -0.2) is 29.1 Å². The number of nitrogen functional groups attached to an aromatic ring is 1. The summed E-state index contributed by atoms with van der Waals surface area (Å²) in [5.41, 5.74) is 15.2. The summed E-state index contributed by atoms with van der Waals surface area (Å²) >= 11 is 0. The van der Waals surface area contributed by atoms with Crippen LogP contribution in [0.5, 0.6) is 0 Å². The van der Waals surface area contributed by atoms with Crippen LogP contribution in [0.15, 0.2) is 30.6 Å². The van der Waals surface area contributed by atoms with Crippen LogP contribution in [0.1, 0.15) is 36.6 Å². The number of anilines is 2. The third-order valence-electron chi connectivity index (χ3n) is 3.74. The first-order valence-electron chi connectivity index (χ1n) is 7.69. The maximum Gasteiger partial charge on any atom is 0.137 e. The van der Waals surface area contributed by atoms with E-state index in [1.807, 2.05) is 38.2 Å². The molecule has 0 saturated heterocycles. The summed E-state index contributed by atoms with van der Waals surface area (Å²) in [5, 5.41) is 6.58. The van der Waals surface area contributed by atoms with Gasteiger partial charge in [-0.15, -0.1) is 0 Å². The van der Waals surface area contributed by atoms with Crippen molar-refractivity contribution in [1.82, 2.24) is 15.3 Å². The lowest BCUT2D eigenvalue weighted by atomic mass is 9.98. The molecule has 0 spiro atoms. The maximum absolute atomic E-state index is 6.45. The molecular weight excluding hydrogens is 288 g/mol. The van der Waals surface area contributed by atoms with E-state index in [1.54, 1.807) is 0 Å². The Balaban J connectivity index is 2.39. The summed E-state index contributed by atoms with van der Waals surface area (Å²) in [6.07, 6.45) is 1.46. The van der Waals surface area contributed by atoms with Gasteiger partial charge in [-0.25, -0.2) is 9.97 Å². The summed E-state index contributed by atoms with van der Waals surface area (Å²) in [6, 6.07) is 7.70. The molecule has 0 bridgehead atoms. The number of benzene rings is 1. The highest BCUT2D eigenvalue weighted by molar-refractivity contribution is 5.60. The highest BCUT2D eigenvalue weighted by Crippen LogP contribution is 2.30. The van der Waals surface area contributed by atoms with E-state index in [-0.39, 0.29) is 11.6 Å². The number of nitrogens with two attached hydrogens (primary N) is 2. The molecule has 0 aliphatic heterocycles. The van der Waals surface area contributed by atoms with Crippen LogP contribution in [0.2, 0.25) is 0 Å². The summed E-state index contributed by atoms with van der Waals surface area (Å²) in [5.74, 6) is 1.07. The van der Waals surface area contributed by atoms with Gasteiger partial charge in [-0.2, -0.15) is 0 Å². The molecule has 0 fully saturated rings. The Hall–Kier alpha value is -2.18. The molecule has 23 heavy (non-hydrogen) atoms. The Morgan fingerprint density at radius 1 is 1.17 bits per heavy atom. The van der Waals surface area contributed by atoms with Crippen LogP contribution in [-0.2, 0) is 0 Å². The van der Waals surface area contributed by atoms with Crippen LogP contribution in [0.25, 0.3) is 0 Å². The lowest BCUT2D eigenvalue weighted by Crippen LogP contribution is -2.41. The van der Waals surface area contributed by atoms with Gasteiger partial charge >= 0.3 is 0 Å². The molecule has 1 heterocycles. The largest absolute Gasteiger partial charge is 0.383 e. The first-order chi connectivity index (χ1) is 10.8. The van der Waals surface area contributed by atoms with Crippen LogP contribution >= 0.6 is 0 Å². The molecule has 6 nitrogen and oxygen atoms in total. The van der Waals surface area contributed by atoms with Crippen LogP contribution < -0.4 is 22.1 Å². The number of hydrogen-bond donors (Lipinski definition) is 4. The van der Waals surface area contributed by atoms with E-state index < -0.39 is 0 Å². The molecule has 0 amide bonds. The fourth-order valence-corrected chi connectivity index (χ4v) is 2.56. The summed E-state index contributed by atoms with van der Waals surface area (Å²) in [4.78, 5) is 8.47. The number of aryl methyl sites for hydroxylation is 1. The molecule has 0 saturated carbocycles. The summed E-state index contributed by atoms with van der Waals surface area (Å²) in [7, 11) is 1.91. The molecule has 1 aromatic heterocycles. The topological polar surface area (TPSA) is 102 Å². The molecule has 6 heteroatoms. The SMILES string of the molecule is CNCC(C)(C)Nc1ncnc(N)c1C(N)c1ccc(C)cc1. The van der Waals surface area contributed by atoms with Gasteiger partial charge in [0.2, 0.25) is 0 Å². The maximum atomic E-state index is 6.45. The van der Waals surface area contributed by atoms with E-state index >= 15 is 0 Å². The van der Waals surface area contributed by atoms with Gasteiger partial charge in [0.1, 0.15) is 18.0 Å². The highest BCUT2D eigenvalue weighted by atomic mass is 15.1. The zero-order valence-electron chi connectivity index (χ0n) is 14.2. The monoisotopic (exact) mass is 314 g/mol. The molecule has 2 aromatic rings. The zero-order chi connectivity index (χ0) is 17.0. The Morgan fingerprint density at radius 2 is 1.83 bits per heavy atom. The minimum Gasteiger partial charge on any atom is -0.383 e. The van der Waals surface area contributed by atoms with Crippen molar-refractivity contribution in [3.05, 3.63) is 47.3 Å². The lowest BCUT2D eigenvalue weighted by Gasteiger charge is -2.29. The fourth-order valence-electron chi connectivity index (χ4n) is 2.56. The fraction of sp³-hybridized carbons (Fsp3) is 0.412. The number of hydrogen-bond acceptors (Lipinski definition) is 6. The van der Waals surface area contributed by atoms with Gasteiger partial charge < -0.3 is 22.1 Å². The molecule has 6 N–H and O–H groups in total. The van der Waals surface area contributed by atoms with Gasteiger partial charge in [-0.3, -0.25) is 0 Å². The van der Waals surface area contributed by atoms with E-state index in [4.69, 9.17) is 11.5 Å². The van der Waals surface area contributed by atoms with Gasteiger partial charge in [0.15, 0.2) is 0 Å². The Labute approximate surface area is 137 Å². The highest BCUT2D eigenvalue weighted by Gasteiger charge is 2.23. The molecule has 124 valence electrons. The van der Waals surface area contributed by atoms with Crippen LogP contribution in [0, 0.1) is 6.92 Å². The molecule has 1 unspecified atom stereocenters. The van der Waals surface area contributed by atoms with Crippen LogP contribution in [0.4, 0.5) is 11.6 Å². The second kappa shape index (κ2) is 6.93. The van der Waals surface area contributed by atoms with E-state index in [2.05, 4.69) is 34.4 Å². The van der Waals surface area contributed by atoms with Crippen molar-refractivity contribution < 1.29 is 0 Å². The number of aromatic nitrogens is 2. The summed E-state index contributed by atoms with van der Waals surface area (Å²) < 4.78 is 0. The molecule has 0 radical (unpaired) electrons. The molecule has 1 atom stereocenters. The second-order valence-electron chi connectivity index (χ2n) is 6.45. The minimum atomic E-state index is -0.385. The van der Waals surface area contributed by atoms with E-state index in [1.165, 1.54) is 11.9 Å². The van der Waals surface area contributed by atoms with Gasteiger partial charge in [0.05, 0.1) is 11.6 Å². The number of rotatable bonds is 6. The third kappa shape index (κ3) is 4.18. The first kappa shape index (κ1) is 17.2. The molecule has 0 aliphatic rings. The second-order valence-corrected chi connectivity index (χ2v) is 6.45. The van der Waals surface area contributed by atoms with Gasteiger partial charge in [0, 0.05) is 12.1 Å². The quantitative estimate of drug-likeness (QED) is 0.649. The van der Waals surface area contributed by atoms with Gasteiger partial charge in [-0.1, -0.05) is 29.8 Å². The Morgan fingerprint density at radius 3 is 2.43 bits per heavy atom. The predicted octanol–water partition coefficient (Wildman–Crippen LogP) is 1.83. The van der Waals surface area contributed by atoms with Crippen molar-refractivity contribution >= 4 is 11.6 Å². The number of nitrogens with one attached hydrogen (secondary N) is 2. The minimum absolute atomic E-state index is 0.197. The number of likely N-dealkylation sites (N-methyl/N-ethyl adjacent to an activating group) is 1. The van der Waals surface area contributed by atoms with E-state index in [9.17, 15) is 0 Å². The van der Waals surface area contributed by atoms with E-state index in [0.29, 0.717) is 11.6 Å². The standard InChI is InChI=1S/C17H26N6/c1-11-5-7-12(8-6-11)14(18)13-15(19)21-10-22-16(13)23-17(2,3)9-20-4/h5-8,10,14,20H,9,18H2,1-4H3,(H3,19,21,22,23). The van der Waals surface area contributed by atoms with Crippen molar-refractivity contribution in [2.24, 2.45) is 5.73 Å². The Kier molecular flexibility index (Phi) is 5.18. The Bertz CT molecular complexity index is 651. The zero-order valence-corrected chi connectivity index (χ0v) is 14.2.